The van der Waals surface area contributed by atoms with Crippen LogP contribution in [0.2, 0.25) is 0 Å². The van der Waals surface area contributed by atoms with Gasteiger partial charge >= 0.3 is 0 Å². The molecule has 0 bridgehead atoms. The number of rotatable bonds is 6. The Bertz CT molecular complexity index is 741. The van der Waals surface area contributed by atoms with E-state index in [1.165, 1.54) is 6.07 Å². The fourth-order valence-corrected chi connectivity index (χ4v) is 2.99. The smallest absolute Gasteiger partial charge is 0.226 e. The van der Waals surface area contributed by atoms with E-state index in [4.69, 9.17) is 4.74 Å². The number of benzene rings is 1. The molecular formula is C18H21FN4O2. The maximum absolute atomic E-state index is 13.5. The van der Waals surface area contributed by atoms with Crippen LogP contribution < -0.4 is 10.1 Å². The van der Waals surface area contributed by atoms with Crippen LogP contribution in [-0.2, 0) is 4.79 Å². The highest BCUT2D eigenvalue weighted by Crippen LogP contribution is 2.31. The molecule has 1 fully saturated rings. The van der Waals surface area contributed by atoms with Gasteiger partial charge < -0.3 is 15.0 Å². The van der Waals surface area contributed by atoms with E-state index in [9.17, 15) is 9.18 Å². The molecule has 1 aromatic heterocycles. The first-order valence-electron chi connectivity index (χ1n) is 8.35. The van der Waals surface area contributed by atoms with Gasteiger partial charge in [0.25, 0.3) is 0 Å². The zero-order chi connectivity index (χ0) is 17.6. The van der Waals surface area contributed by atoms with Gasteiger partial charge in [0.15, 0.2) is 11.6 Å². The van der Waals surface area contributed by atoms with E-state index in [1.54, 1.807) is 37.6 Å². The lowest BCUT2D eigenvalue weighted by Crippen LogP contribution is -2.32. The van der Waals surface area contributed by atoms with E-state index >= 15 is 0 Å². The maximum Gasteiger partial charge on any atom is 0.226 e. The lowest BCUT2D eigenvalue weighted by Gasteiger charge is -2.24. The molecule has 1 atom stereocenters. The Hall–Kier alpha value is -2.70. The molecule has 0 saturated carbocycles. The predicted molar refractivity (Wildman–Crippen MR) is 91.8 cm³/mol. The molecule has 0 aliphatic carbocycles. The van der Waals surface area contributed by atoms with Crippen molar-refractivity contribution < 1.29 is 13.9 Å². The van der Waals surface area contributed by atoms with E-state index in [-0.39, 0.29) is 30.7 Å². The van der Waals surface area contributed by atoms with Crippen molar-refractivity contribution in [2.75, 3.05) is 25.5 Å². The first-order chi connectivity index (χ1) is 12.2. The van der Waals surface area contributed by atoms with E-state index in [0.29, 0.717) is 12.4 Å². The van der Waals surface area contributed by atoms with Gasteiger partial charge in [-0.1, -0.05) is 12.1 Å². The lowest BCUT2D eigenvalue weighted by molar-refractivity contribution is -0.132. The van der Waals surface area contributed by atoms with Crippen molar-refractivity contribution >= 4 is 11.7 Å². The Morgan fingerprint density at radius 3 is 3.04 bits per heavy atom. The minimum Gasteiger partial charge on any atom is -0.490 e. The minimum atomic E-state index is -0.423. The van der Waals surface area contributed by atoms with Crippen molar-refractivity contribution in [2.24, 2.45) is 0 Å². The lowest BCUT2D eigenvalue weighted by atomic mass is 10.1. The fourth-order valence-electron chi connectivity index (χ4n) is 2.99. The SMILES string of the molecule is CNc1cncc([C@H]2CCCN2C(=O)CCOc2ccccc2F)n1. The van der Waals surface area contributed by atoms with Gasteiger partial charge in [-0.15, -0.1) is 0 Å². The van der Waals surface area contributed by atoms with Crippen molar-refractivity contribution in [3.63, 3.8) is 0 Å². The summed E-state index contributed by atoms with van der Waals surface area (Å²) in [5.41, 5.74) is 0.785. The number of para-hydroxylation sites is 1. The van der Waals surface area contributed by atoms with Gasteiger partial charge in [-0.25, -0.2) is 9.37 Å². The van der Waals surface area contributed by atoms with Gasteiger partial charge in [-0.2, -0.15) is 0 Å². The van der Waals surface area contributed by atoms with E-state index < -0.39 is 5.82 Å². The standard InChI is InChI=1S/C18H21FN4O2/c1-20-17-12-21-11-14(22-17)15-6-4-9-23(15)18(24)8-10-25-16-7-3-2-5-13(16)19/h2-3,5,7,11-12,15H,4,6,8-10H2,1H3,(H,20,22)/t15-/m1/s1. The molecule has 1 aliphatic rings. The highest BCUT2D eigenvalue weighted by atomic mass is 19.1. The van der Waals surface area contributed by atoms with Crippen LogP contribution in [0.1, 0.15) is 31.0 Å². The minimum absolute atomic E-state index is 0.0181. The Labute approximate surface area is 146 Å². The molecule has 0 unspecified atom stereocenters. The van der Waals surface area contributed by atoms with Crippen LogP contribution in [0.4, 0.5) is 10.2 Å². The number of anilines is 1. The predicted octanol–water partition coefficient (Wildman–Crippen LogP) is 2.79. The van der Waals surface area contributed by atoms with Crippen molar-refractivity contribution in [2.45, 2.75) is 25.3 Å². The number of nitrogens with zero attached hydrogens (tertiary/aromatic N) is 3. The Balaban J connectivity index is 1.60. The summed E-state index contributed by atoms with van der Waals surface area (Å²) in [7, 11) is 1.78. The molecular weight excluding hydrogens is 323 g/mol. The van der Waals surface area contributed by atoms with E-state index in [2.05, 4.69) is 15.3 Å². The number of ether oxygens (including phenoxy) is 1. The molecule has 7 heteroatoms. The summed E-state index contributed by atoms with van der Waals surface area (Å²) in [6, 6.07) is 6.12. The van der Waals surface area contributed by atoms with Crippen LogP contribution in [0.25, 0.3) is 0 Å². The number of aromatic nitrogens is 2. The molecule has 2 heterocycles. The average Bonchev–Trinajstić information content (AvgIpc) is 3.13. The Morgan fingerprint density at radius 1 is 1.40 bits per heavy atom. The van der Waals surface area contributed by atoms with Gasteiger partial charge in [-0.05, 0) is 25.0 Å². The topological polar surface area (TPSA) is 67.4 Å². The summed E-state index contributed by atoms with van der Waals surface area (Å²) in [4.78, 5) is 23.0. The third-order valence-electron chi connectivity index (χ3n) is 4.23. The van der Waals surface area contributed by atoms with Gasteiger partial charge in [0.2, 0.25) is 5.91 Å². The third kappa shape index (κ3) is 4.04. The third-order valence-corrected chi connectivity index (χ3v) is 4.23. The van der Waals surface area contributed by atoms with E-state index in [1.807, 2.05) is 4.90 Å². The van der Waals surface area contributed by atoms with Crippen LogP contribution in [0, 0.1) is 5.82 Å². The van der Waals surface area contributed by atoms with Crippen LogP contribution in [0.3, 0.4) is 0 Å². The van der Waals surface area contributed by atoms with Crippen molar-refractivity contribution in [3.05, 3.63) is 48.2 Å². The summed E-state index contributed by atoms with van der Waals surface area (Å²) in [5, 5.41) is 2.96. The zero-order valence-corrected chi connectivity index (χ0v) is 14.1. The molecule has 1 saturated heterocycles. The molecule has 1 N–H and O–H groups in total. The number of likely N-dealkylation sites (tertiary alicyclic amines) is 1. The number of amides is 1. The monoisotopic (exact) mass is 344 g/mol. The number of halogens is 1. The molecule has 25 heavy (non-hydrogen) atoms. The number of hydrogen-bond donors (Lipinski definition) is 1. The molecule has 132 valence electrons. The summed E-state index contributed by atoms with van der Waals surface area (Å²) in [6.07, 6.45) is 5.33. The largest absolute Gasteiger partial charge is 0.490 e. The first kappa shape index (κ1) is 17.1. The molecule has 3 rings (SSSR count). The Kier molecular flexibility index (Phi) is 5.42. The van der Waals surface area contributed by atoms with Gasteiger partial charge in [0, 0.05) is 13.6 Å². The second-order valence-electron chi connectivity index (χ2n) is 5.85. The van der Waals surface area contributed by atoms with Crippen molar-refractivity contribution in [3.8, 4) is 5.75 Å². The molecule has 2 aromatic rings. The summed E-state index contributed by atoms with van der Waals surface area (Å²) in [5.74, 6) is 0.407. The molecule has 1 aliphatic heterocycles. The van der Waals surface area contributed by atoms with Crippen molar-refractivity contribution in [1.82, 2.24) is 14.9 Å². The number of carbonyl (C=O) groups excluding carboxylic acids is 1. The van der Waals surface area contributed by atoms with Crippen LogP contribution in [0.15, 0.2) is 36.7 Å². The second-order valence-corrected chi connectivity index (χ2v) is 5.85. The van der Waals surface area contributed by atoms with E-state index in [0.717, 1.165) is 18.5 Å². The second kappa shape index (κ2) is 7.92. The van der Waals surface area contributed by atoms with Crippen LogP contribution in [0.5, 0.6) is 5.75 Å². The normalized spacial score (nSPS) is 16.7. The summed E-state index contributed by atoms with van der Waals surface area (Å²) in [6.45, 7) is 0.833. The fraction of sp³-hybridized carbons (Fsp3) is 0.389. The summed E-state index contributed by atoms with van der Waals surface area (Å²) < 4.78 is 18.9. The first-order valence-corrected chi connectivity index (χ1v) is 8.35. The number of nitrogens with one attached hydrogen (secondary N) is 1. The molecule has 1 aromatic carbocycles. The highest BCUT2D eigenvalue weighted by Gasteiger charge is 2.31. The van der Waals surface area contributed by atoms with Crippen LogP contribution in [-0.4, -0.2) is 41.0 Å². The van der Waals surface area contributed by atoms with Gasteiger partial charge in [0.05, 0.1) is 37.2 Å². The maximum atomic E-state index is 13.5. The molecule has 0 spiro atoms. The van der Waals surface area contributed by atoms with Gasteiger partial charge in [0.1, 0.15) is 5.82 Å². The summed E-state index contributed by atoms with van der Waals surface area (Å²) >= 11 is 0. The highest BCUT2D eigenvalue weighted by molar-refractivity contribution is 5.77. The number of hydrogen-bond acceptors (Lipinski definition) is 5. The van der Waals surface area contributed by atoms with Crippen LogP contribution >= 0.6 is 0 Å². The average molecular weight is 344 g/mol. The Morgan fingerprint density at radius 2 is 2.24 bits per heavy atom. The molecule has 6 nitrogen and oxygen atoms in total. The number of carbonyl (C=O) groups is 1. The quantitative estimate of drug-likeness (QED) is 0.873. The molecule has 1 amide bonds. The molecule has 0 radical (unpaired) electrons. The zero-order valence-electron chi connectivity index (χ0n) is 14.1. The van der Waals surface area contributed by atoms with Crippen molar-refractivity contribution in [1.29, 1.82) is 0 Å². The van der Waals surface area contributed by atoms with Gasteiger partial charge in [-0.3, -0.25) is 9.78 Å².